The maximum absolute atomic E-state index is 11.4. The molecule has 0 atom stereocenters. The van der Waals surface area contributed by atoms with Crippen molar-refractivity contribution in [1.82, 2.24) is 0 Å². The Morgan fingerprint density at radius 1 is 1.24 bits per heavy atom. The Labute approximate surface area is 101 Å². The molecule has 17 heavy (non-hydrogen) atoms. The maximum atomic E-state index is 11.4. The van der Waals surface area contributed by atoms with Crippen molar-refractivity contribution in [2.75, 3.05) is 19.8 Å². The van der Waals surface area contributed by atoms with E-state index < -0.39 is 14.6 Å². The van der Waals surface area contributed by atoms with Gasteiger partial charge in [0.05, 0.1) is 13.2 Å². The summed E-state index contributed by atoms with van der Waals surface area (Å²) in [4.78, 5) is 11.4. The first-order valence-electron chi connectivity index (χ1n) is 5.29. The molecule has 1 aromatic carbocycles. The van der Waals surface area contributed by atoms with Crippen LogP contribution in [0.15, 0.2) is 30.3 Å². The van der Waals surface area contributed by atoms with E-state index in [1.165, 1.54) is 0 Å². The number of ether oxygens (including phenoxy) is 1. The van der Waals surface area contributed by atoms with Crippen molar-refractivity contribution in [3.05, 3.63) is 30.3 Å². The third kappa shape index (κ3) is 4.40. The Balaban J connectivity index is 1.70. The molecular formula is C11H13O5P. The van der Waals surface area contributed by atoms with E-state index >= 15 is 0 Å². The second-order valence-electron chi connectivity index (χ2n) is 3.30. The van der Waals surface area contributed by atoms with Crippen LogP contribution < -0.4 is 4.74 Å². The molecule has 2 rings (SSSR count). The van der Waals surface area contributed by atoms with E-state index in [2.05, 4.69) is 0 Å². The predicted molar refractivity (Wildman–Crippen MR) is 61.5 cm³/mol. The summed E-state index contributed by atoms with van der Waals surface area (Å²) in [5.74, 6) is 0.0378. The SMILES string of the molecule is O=C(COP1OCCCO1)Oc1ccccc1. The number of benzene rings is 1. The maximum Gasteiger partial charge on any atom is 0.338 e. The molecule has 1 saturated heterocycles. The lowest BCUT2D eigenvalue weighted by molar-refractivity contribution is -0.137. The van der Waals surface area contributed by atoms with Crippen LogP contribution in [0.1, 0.15) is 6.42 Å². The molecule has 0 N–H and O–H groups in total. The molecule has 1 aliphatic rings. The fraction of sp³-hybridized carbons (Fsp3) is 0.364. The Morgan fingerprint density at radius 3 is 2.65 bits per heavy atom. The highest BCUT2D eigenvalue weighted by Crippen LogP contribution is 2.42. The van der Waals surface area contributed by atoms with Gasteiger partial charge >= 0.3 is 14.6 Å². The van der Waals surface area contributed by atoms with E-state index in [-0.39, 0.29) is 6.61 Å². The van der Waals surface area contributed by atoms with Crippen molar-refractivity contribution in [3.8, 4) is 5.75 Å². The van der Waals surface area contributed by atoms with Crippen molar-refractivity contribution >= 4 is 14.6 Å². The minimum absolute atomic E-state index is 0.166. The van der Waals surface area contributed by atoms with Crippen LogP contribution in [0.5, 0.6) is 5.75 Å². The Morgan fingerprint density at radius 2 is 1.94 bits per heavy atom. The highest BCUT2D eigenvalue weighted by atomic mass is 31.2. The van der Waals surface area contributed by atoms with Gasteiger partial charge in [-0.2, -0.15) is 0 Å². The number of carbonyl (C=O) groups is 1. The summed E-state index contributed by atoms with van der Waals surface area (Å²) in [7, 11) is -1.38. The van der Waals surface area contributed by atoms with Crippen molar-refractivity contribution < 1.29 is 23.1 Å². The minimum Gasteiger partial charge on any atom is -0.425 e. The fourth-order valence-corrected chi connectivity index (χ4v) is 2.19. The summed E-state index contributed by atoms with van der Waals surface area (Å²) in [5, 5.41) is 0. The summed E-state index contributed by atoms with van der Waals surface area (Å²) < 4.78 is 20.6. The van der Waals surface area contributed by atoms with Gasteiger partial charge in [0.1, 0.15) is 5.75 Å². The zero-order valence-corrected chi connectivity index (χ0v) is 10.1. The van der Waals surface area contributed by atoms with E-state index in [1.807, 2.05) is 6.07 Å². The molecule has 0 aliphatic carbocycles. The van der Waals surface area contributed by atoms with Crippen LogP contribution in [0.3, 0.4) is 0 Å². The second-order valence-corrected chi connectivity index (χ2v) is 4.53. The smallest absolute Gasteiger partial charge is 0.338 e. The Bertz CT molecular complexity index is 350. The molecule has 0 bridgehead atoms. The van der Waals surface area contributed by atoms with Crippen LogP contribution in [0.4, 0.5) is 0 Å². The van der Waals surface area contributed by atoms with Gasteiger partial charge in [0.25, 0.3) is 0 Å². The van der Waals surface area contributed by atoms with Gasteiger partial charge < -0.3 is 18.3 Å². The summed E-state index contributed by atoms with van der Waals surface area (Å²) >= 11 is 0. The van der Waals surface area contributed by atoms with Gasteiger partial charge in [-0.15, -0.1) is 0 Å². The van der Waals surface area contributed by atoms with Gasteiger partial charge in [-0.1, -0.05) is 18.2 Å². The zero-order valence-electron chi connectivity index (χ0n) is 9.20. The number of rotatable bonds is 4. The van der Waals surface area contributed by atoms with Crippen molar-refractivity contribution in [2.45, 2.75) is 6.42 Å². The van der Waals surface area contributed by atoms with E-state index in [4.69, 9.17) is 18.3 Å². The molecule has 1 heterocycles. The molecule has 0 unspecified atom stereocenters. The predicted octanol–water partition coefficient (Wildman–Crippen LogP) is 2.27. The monoisotopic (exact) mass is 256 g/mol. The van der Waals surface area contributed by atoms with Crippen LogP contribution in [0.2, 0.25) is 0 Å². The fourth-order valence-electron chi connectivity index (χ4n) is 1.20. The molecule has 0 radical (unpaired) electrons. The molecule has 0 aromatic heterocycles. The average molecular weight is 256 g/mol. The van der Waals surface area contributed by atoms with Gasteiger partial charge in [-0.05, 0) is 18.6 Å². The van der Waals surface area contributed by atoms with Gasteiger partial charge in [0.2, 0.25) is 0 Å². The van der Waals surface area contributed by atoms with Crippen LogP contribution in [0.25, 0.3) is 0 Å². The molecule has 0 saturated carbocycles. The van der Waals surface area contributed by atoms with E-state index in [0.29, 0.717) is 19.0 Å². The lowest BCUT2D eigenvalue weighted by Gasteiger charge is -2.20. The largest absolute Gasteiger partial charge is 0.425 e. The number of para-hydroxylation sites is 1. The topological polar surface area (TPSA) is 54.0 Å². The molecule has 1 aromatic rings. The number of esters is 1. The van der Waals surface area contributed by atoms with Crippen molar-refractivity contribution in [2.24, 2.45) is 0 Å². The summed E-state index contributed by atoms with van der Waals surface area (Å²) in [6, 6.07) is 8.84. The molecule has 92 valence electrons. The lowest BCUT2D eigenvalue weighted by atomic mass is 10.3. The molecule has 1 fully saturated rings. The lowest BCUT2D eigenvalue weighted by Crippen LogP contribution is -2.16. The van der Waals surface area contributed by atoms with Crippen LogP contribution in [-0.4, -0.2) is 25.8 Å². The molecular weight excluding hydrogens is 243 g/mol. The van der Waals surface area contributed by atoms with Gasteiger partial charge in [0.15, 0.2) is 6.61 Å². The highest BCUT2D eigenvalue weighted by molar-refractivity contribution is 7.41. The Kier molecular flexibility index (Phi) is 4.88. The normalized spacial score (nSPS) is 16.7. The van der Waals surface area contributed by atoms with E-state index in [1.54, 1.807) is 24.3 Å². The average Bonchev–Trinajstić information content (AvgIpc) is 2.39. The van der Waals surface area contributed by atoms with Crippen LogP contribution >= 0.6 is 8.60 Å². The van der Waals surface area contributed by atoms with Gasteiger partial charge in [0, 0.05) is 0 Å². The molecule has 1 aliphatic heterocycles. The first-order valence-corrected chi connectivity index (χ1v) is 6.39. The van der Waals surface area contributed by atoms with E-state index in [0.717, 1.165) is 6.42 Å². The highest BCUT2D eigenvalue weighted by Gasteiger charge is 2.18. The third-order valence-corrected chi connectivity index (χ3v) is 3.07. The summed E-state index contributed by atoms with van der Waals surface area (Å²) in [6.45, 7) is 1.06. The van der Waals surface area contributed by atoms with E-state index in [9.17, 15) is 4.79 Å². The minimum atomic E-state index is -1.38. The zero-order chi connectivity index (χ0) is 11.9. The summed E-state index contributed by atoms with van der Waals surface area (Å²) in [6.07, 6.45) is 0.858. The van der Waals surface area contributed by atoms with Crippen LogP contribution in [0, 0.1) is 0 Å². The number of hydrogen-bond acceptors (Lipinski definition) is 5. The molecule has 0 amide bonds. The van der Waals surface area contributed by atoms with Crippen molar-refractivity contribution in [3.63, 3.8) is 0 Å². The van der Waals surface area contributed by atoms with Gasteiger partial charge in [-0.3, -0.25) is 0 Å². The standard InChI is InChI=1S/C11H13O5P/c12-11(16-10-5-2-1-3-6-10)9-15-17-13-7-4-8-14-17/h1-3,5-6H,4,7-9H2. The Hall–Kier alpha value is -1.00. The van der Waals surface area contributed by atoms with Gasteiger partial charge in [-0.25, -0.2) is 4.79 Å². The second kappa shape index (κ2) is 6.67. The first kappa shape index (κ1) is 12.5. The van der Waals surface area contributed by atoms with Crippen LogP contribution in [-0.2, 0) is 18.4 Å². The molecule has 6 heteroatoms. The quantitative estimate of drug-likeness (QED) is 0.470. The number of carbonyl (C=O) groups excluding carboxylic acids is 1. The number of hydrogen-bond donors (Lipinski definition) is 0. The molecule has 0 spiro atoms. The van der Waals surface area contributed by atoms with Crippen molar-refractivity contribution in [1.29, 1.82) is 0 Å². The first-order chi connectivity index (χ1) is 8.34. The third-order valence-electron chi connectivity index (χ3n) is 1.94. The summed E-state index contributed by atoms with van der Waals surface area (Å²) in [5.41, 5.74) is 0. The molecule has 5 nitrogen and oxygen atoms in total.